The molecule has 7 aromatic rings. The number of carbonyl (C=O) groups excluding carboxylic acids is 2. The zero-order chi connectivity index (χ0) is 63.5. The Hall–Kier alpha value is -9.38. The zero-order valence-electron chi connectivity index (χ0n) is 52.8. The molecule has 11 rings (SSSR count). The molecule has 20 heteroatoms. The number of fused-ring (bicyclic) bond motifs is 1. The van der Waals surface area contributed by atoms with E-state index < -0.39 is 11.2 Å². The number of hydrogen-bond donors (Lipinski definition) is 2. The van der Waals surface area contributed by atoms with Gasteiger partial charge in [-0.3, -0.25) is 0 Å². The standard InChI is InChI=1S/2C35H41N5O5/c1-35(2,3)45-34(41)40-16-6-7-24(18-40)26-17-27(39-33-30(26)32(36)37-21-38-33)31-28(43-19-22-10-11-22)8-5-9-29(31)44-20-23-12-14-25(42-4)15-13-23;1-35(2,3)45-34(41)40-16-6-7-25(19-40)27-17-29(39-33(38-22-37)28(27)18-36)32-30(43-20-23-10-11-23)8-5-9-31(32)44-21-24-12-14-26(42-4)15-13-24/h5,8-9,12-15,17,21-22,24H,6-7,10-11,16,18-20H2,1-4H3,(H2,36,37,38,39);5,8-9,12-15,17,22-23,25H,6-7,10-11,16,19-21H2,1-4H3,(H2,37,38,39). The molecule has 4 aliphatic rings. The van der Waals surface area contributed by atoms with Gasteiger partial charge in [0.25, 0.3) is 0 Å². The lowest BCUT2D eigenvalue weighted by molar-refractivity contribution is 0.0188. The van der Waals surface area contributed by atoms with Crippen LogP contribution in [0.3, 0.4) is 0 Å². The molecule has 0 bridgehead atoms. The fraction of sp³-hybridized carbons (Fsp3) is 0.429. The van der Waals surface area contributed by atoms with Gasteiger partial charge in [0, 0.05) is 38.0 Å². The Morgan fingerprint density at radius 1 is 0.633 bits per heavy atom. The number of anilines is 1. The molecule has 2 unspecified atom stereocenters. The van der Waals surface area contributed by atoms with Crippen molar-refractivity contribution in [1.29, 1.82) is 5.26 Å². The van der Waals surface area contributed by atoms with Crippen LogP contribution in [-0.2, 0) is 22.7 Å². The highest BCUT2D eigenvalue weighted by Crippen LogP contribution is 2.46. The molecule has 472 valence electrons. The van der Waals surface area contributed by atoms with E-state index in [0.717, 1.165) is 84.2 Å². The van der Waals surface area contributed by atoms with Crippen molar-refractivity contribution >= 4 is 41.2 Å². The number of carbonyl (C=O) groups is 2. The number of hydrogen-bond acceptors (Lipinski definition) is 17. The average Bonchev–Trinajstić information content (AvgIpc) is 1.71. The summed E-state index contributed by atoms with van der Waals surface area (Å²) in [5.41, 5.74) is 18.1. The minimum Gasteiger partial charge on any atom is -0.497 e. The predicted molar refractivity (Wildman–Crippen MR) is 345 cm³/mol. The minimum absolute atomic E-state index is 0.0213. The normalized spacial score (nSPS) is 16.7. The largest absolute Gasteiger partial charge is 0.497 e. The lowest BCUT2D eigenvalue weighted by Crippen LogP contribution is -2.42. The Labute approximate surface area is 526 Å². The lowest BCUT2D eigenvalue weighted by Gasteiger charge is -2.34. The molecule has 3 aromatic heterocycles. The molecule has 0 spiro atoms. The van der Waals surface area contributed by atoms with Crippen LogP contribution >= 0.6 is 0 Å². The quantitative estimate of drug-likeness (QED) is 0.0563. The Balaban J connectivity index is 0.000000198. The van der Waals surface area contributed by atoms with Crippen molar-refractivity contribution in [1.82, 2.24) is 29.7 Å². The van der Waals surface area contributed by atoms with Gasteiger partial charge >= 0.3 is 12.2 Å². The van der Waals surface area contributed by atoms with Gasteiger partial charge in [-0.15, -0.1) is 0 Å². The summed E-state index contributed by atoms with van der Waals surface area (Å²) in [6.45, 7) is 15.2. The van der Waals surface area contributed by atoms with Gasteiger partial charge in [-0.05, 0) is 188 Å². The number of pyridine rings is 2. The van der Waals surface area contributed by atoms with Gasteiger partial charge in [-0.1, -0.05) is 36.4 Å². The van der Waals surface area contributed by atoms with Gasteiger partial charge in [0.1, 0.15) is 82.7 Å². The van der Waals surface area contributed by atoms with Crippen molar-refractivity contribution in [2.24, 2.45) is 22.6 Å². The summed E-state index contributed by atoms with van der Waals surface area (Å²) < 4.78 is 47.5. The number of aromatic nitrogens is 4. The number of methoxy groups -OCH3 is 2. The van der Waals surface area contributed by atoms with E-state index >= 15 is 0 Å². The highest BCUT2D eigenvalue weighted by Gasteiger charge is 2.34. The van der Waals surface area contributed by atoms with Gasteiger partial charge in [0.05, 0.1) is 61.7 Å². The maximum Gasteiger partial charge on any atom is 0.410 e. The fourth-order valence-electron chi connectivity index (χ4n) is 11.1. The van der Waals surface area contributed by atoms with E-state index in [1.807, 2.05) is 139 Å². The third kappa shape index (κ3) is 16.5. The number of nitrogens with two attached hydrogens (primary N) is 2. The van der Waals surface area contributed by atoms with Crippen molar-refractivity contribution in [2.45, 2.75) is 129 Å². The number of amides is 2. The molecule has 2 saturated carbocycles. The van der Waals surface area contributed by atoms with Crippen LogP contribution in [0.1, 0.15) is 133 Å². The molecule has 90 heavy (non-hydrogen) atoms. The SMILES string of the molecule is COc1ccc(COc2cccc(OCC3CC3)c2-c2cc(C3CCCN(C(=O)OC(C)(C)C)C3)c(C#N)c(N=CN)n2)cc1.COc1ccc(COc2cccc(OCC3CC3)c2-c2cc(C3CCCN(C(=O)OC(C)(C)C)C3)c3c(N)ncnc3n2)cc1. The Bertz CT molecular complexity index is 3720. The summed E-state index contributed by atoms with van der Waals surface area (Å²) in [6, 6.07) is 33.3. The Morgan fingerprint density at radius 2 is 1.09 bits per heavy atom. The molecule has 4 aromatic carbocycles. The monoisotopic (exact) mass is 1220 g/mol. The summed E-state index contributed by atoms with van der Waals surface area (Å²) in [5.74, 6) is 5.64. The van der Waals surface area contributed by atoms with Gasteiger partial charge < -0.3 is 59.2 Å². The highest BCUT2D eigenvalue weighted by atomic mass is 16.6. The van der Waals surface area contributed by atoms with Crippen LogP contribution in [-0.4, -0.2) is 113 Å². The minimum atomic E-state index is -0.610. The number of nitriles is 1. The molecule has 2 aliphatic carbocycles. The van der Waals surface area contributed by atoms with E-state index in [4.69, 9.17) is 59.3 Å². The van der Waals surface area contributed by atoms with Crippen molar-refractivity contribution in [3.8, 4) is 63.1 Å². The number of nitrogens with zero attached hydrogens (tertiary/aromatic N) is 8. The first-order valence-corrected chi connectivity index (χ1v) is 31.0. The van der Waals surface area contributed by atoms with Gasteiger partial charge in [-0.25, -0.2) is 34.5 Å². The van der Waals surface area contributed by atoms with Gasteiger partial charge in [0.2, 0.25) is 0 Å². The molecule has 5 heterocycles. The van der Waals surface area contributed by atoms with E-state index in [1.165, 1.54) is 19.2 Å². The summed E-state index contributed by atoms with van der Waals surface area (Å²) in [5, 5.41) is 11.0. The average molecular weight is 1220 g/mol. The molecule has 4 fully saturated rings. The second-order valence-electron chi connectivity index (χ2n) is 25.3. The number of ether oxygens (including phenoxy) is 8. The van der Waals surface area contributed by atoms with Crippen LogP contribution in [0.25, 0.3) is 33.5 Å². The Kier molecular flexibility index (Phi) is 20.1. The highest BCUT2D eigenvalue weighted by molar-refractivity contribution is 5.92. The maximum atomic E-state index is 13.1. The molecule has 2 amide bonds. The van der Waals surface area contributed by atoms with Crippen molar-refractivity contribution in [3.63, 3.8) is 0 Å². The van der Waals surface area contributed by atoms with E-state index in [-0.39, 0.29) is 29.8 Å². The summed E-state index contributed by atoms with van der Waals surface area (Å²) in [7, 11) is 3.28. The second-order valence-corrected chi connectivity index (χ2v) is 25.3. The molecule has 2 aliphatic heterocycles. The van der Waals surface area contributed by atoms with E-state index in [2.05, 4.69) is 21.0 Å². The summed E-state index contributed by atoms with van der Waals surface area (Å²) in [6.07, 6.45) is 9.77. The fourth-order valence-corrected chi connectivity index (χ4v) is 11.1. The van der Waals surface area contributed by atoms with Crippen LogP contribution in [0, 0.1) is 23.2 Å². The second kappa shape index (κ2) is 28.4. The third-order valence-electron chi connectivity index (χ3n) is 16.0. The molecular formula is C70H82N10O10. The Morgan fingerprint density at radius 3 is 1.53 bits per heavy atom. The zero-order valence-corrected chi connectivity index (χ0v) is 52.8. The van der Waals surface area contributed by atoms with Crippen LogP contribution in [0.2, 0.25) is 0 Å². The number of rotatable bonds is 19. The molecule has 0 radical (unpaired) electrons. The van der Waals surface area contributed by atoms with Crippen LogP contribution in [0.15, 0.2) is 108 Å². The number of likely N-dealkylation sites (tertiary alicyclic amines) is 2. The number of nitrogen functional groups attached to an aromatic ring is 1. The number of piperidine rings is 2. The van der Waals surface area contributed by atoms with E-state index in [1.54, 1.807) is 24.0 Å². The van der Waals surface area contributed by atoms with Gasteiger partial charge in [0.15, 0.2) is 11.5 Å². The van der Waals surface area contributed by atoms with Crippen molar-refractivity contribution in [2.75, 3.05) is 59.3 Å². The number of aliphatic imine (C=N–C) groups is 1. The number of benzene rings is 4. The first-order valence-electron chi connectivity index (χ1n) is 31.0. The summed E-state index contributed by atoms with van der Waals surface area (Å²) in [4.78, 5) is 52.5. The first kappa shape index (κ1) is 63.6. The van der Waals surface area contributed by atoms with Gasteiger partial charge in [-0.2, -0.15) is 5.26 Å². The topological polar surface area (TPSA) is 254 Å². The smallest absolute Gasteiger partial charge is 0.410 e. The predicted octanol–water partition coefficient (Wildman–Crippen LogP) is 13.5. The van der Waals surface area contributed by atoms with E-state index in [0.29, 0.717) is 127 Å². The van der Waals surface area contributed by atoms with E-state index in [9.17, 15) is 14.9 Å². The summed E-state index contributed by atoms with van der Waals surface area (Å²) >= 11 is 0. The molecule has 2 saturated heterocycles. The lowest BCUT2D eigenvalue weighted by atomic mass is 9.87. The molecule has 2 atom stereocenters. The van der Waals surface area contributed by atoms with Crippen molar-refractivity contribution in [3.05, 3.63) is 131 Å². The maximum absolute atomic E-state index is 13.1. The van der Waals surface area contributed by atoms with Crippen LogP contribution < -0.4 is 39.9 Å². The third-order valence-corrected chi connectivity index (χ3v) is 16.0. The van der Waals surface area contributed by atoms with Crippen LogP contribution in [0.5, 0.6) is 34.5 Å². The molecule has 20 nitrogen and oxygen atoms in total. The molecule has 4 N–H and O–H groups in total. The first-order chi connectivity index (χ1) is 43.4. The van der Waals surface area contributed by atoms with Crippen LogP contribution in [0.4, 0.5) is 21.2 Å². The molecular weight excluding hydrogens is 1140 g/mol. The van der Waals surface area contributed by atoms with Crippen molar-refractivity contribution < 1.29 is 47.5 Å².